The van der Waals surface area contributed by atoms with Gasteiger partial charge in [-0.2, -0.15) is 0 Å². The fourth-order valence-electron chi connectivity index (χ4n) is 4.68. The fraction of sp³-hybridized carbons (Fsp3) is 0.296. The van der Waals surface area contributed by atoms with Crippen molar-refractivity contribution >= 4 is 17.5 Å². The first kappa shape index (κ1) is 24.1. The second kappa shape index (κ2) is 8.30. The van der Waals surface area contributed by atoms with Gasteiger partial charge in [0.25, 0.3) is 5.91 Å². The van der Waals surface area contributed by atoms with Crippen molar-refractivity contribution < 1.29 is 34.1 Å². The molecule has 3 N–H and O–H groups in total. The molecule has 0 bridgehead atoms. The number of methoxy groups -OCH3 is 1. The lowest BCUT2D eigenvalue weighted by molar-refractivity contribution is -0.123. The Labute approximate surface area is 202 Å². The Hall–Kier alpha value is -4.07. The van der Waals surface area contributed by atoms with E-state index in [1.54, 1.807) is 0 Å². The van der Waals surface area contributed by atoms with Gasteiger partial charge in [0.1, 0.15) is 39.6 Å². The summed E-state index contributed by atoms with van der Waals surface area (Å²) in [5, 5.41) is 24.0. The highest BCUT2D eigenvalue weighted by Gasteiger charge is 2.55. The molecule has 2 aliphatic rings. The number of benzene rings is 2. The maximum Gasteiger partial charge on any atom is 0.259 e. The second-order valence-electron chi connectivity index (χ2n) is 8.94. The molecule has 1 atom stereocenters. The summed E-state index contributed by atoms with van der Waals surface area (Å²) >= 11 is 0. The standard InChI is InChI=1S/C27H26NO7/c1-12-7-8-13(2)16(14(12)3)11-28-26(33)22-19(34-6)9-18(31)23-24(22)35-20-10-17(30)21(15(4)29)25(32)27(20,23)5/h8-10,30-31H,11H2,1-6H3,(H,28,33)/t27-/m1/s1. The molecule has 1 heterocycles. The van der Waals surface area contributed by atoms with Crippen molar-refractivity contribution in [2.24, 2.45) is 0 Å². The predicted molar refractivity (Wildman–Crippen MR) is 127 cm³/mol. The molecule has 1 amide bonds. The molecule has 1 radical (unpaired) electrons. The predicted octanol–water partition coefficient (Wildman–Crippen LogP) is 3.57. The van der Waals surface area contributed by atoms with E-state index < -0.39 is 34.2 Å². The maximum absolute atomic E-state index is 13.4. The number of aliphatic hydroxyl groups is 1. The van der Waals surface area contributed by atoms with Crippen LogP contribution in [0, 0.1) is 26.8 Å². The number of phenols is 1. The van der Waals surface area contributed by atoms with Crippen LogP contribution in [-0.2, 0) is 21.5 Å². The lowest BCUT2D eigenvalue weighted by atomic mass is 9.71. The largest absolute Gasteiger partial charge is 0.507 e. The van der Waals surface area contributed by atoms with Crippen LogP contribution in [0.5, 0.6) is 17.2 Å². The van der Waals surface area contributed by atoms with Crippen LogP contribution in [0.3, 0.4) is 0 Å². The van der Waals surface area contributed by atoms with Gasteiger partial charge in [-0.15, -0.1) is 0 Å². The van der Waals surface area contributed by atoms with Crippen molar-refractivity contribution in [3.8, 4) is 17.2 Å². The number of aliphatic hydroxyl groups excluding tert-OH is 1. The number of amides is 1. The Morgan fingerprint density at radius 1 is 1.23 bits per heavy atom. The van der Waals surface area contributed by atoms with Crippen molar-refractivity contribution in [3.63, 3.8) is 0 Å². The summed E-state index contributed by atoms with van der Waals surface area (Å²) in [6.45, 7) is 8.70. The van der Waals surface area contributed by atoms with Crippen LogP contribution >= 0.6 is 0 Å². The molecule has 8 heteroatoms. The second-order valence-corrected chi connectivity index (χ2v) is 8.94. The van der Waals surface area contributed by atoms with Crippen molar-refractivity contribution in [2.45, 2.75) is 46.6 Å². The third-order valence-electron chi connectivity index (χ3n) is 6.86. The van der Waals surface area contributed by atoms with E-state index in [9.17, 15) is 24.6 Å². The molecule has 0 saturated carbocycles. The molecule has 2 aromatic carbocycles. The summed E-state index contributed by atoms with van der Waals surface area (Å²) in [4.78, 5) is 38.8. The zero-order chi connectivity index (χ0) is 25.8. The van der Waals surface area contributed by atoms with Gasteiger partial charge in [0.15, 0.2) is 17.3 Å². The minimum absolute atomic E-state index is 0.00138. The van der Waals surface area contributed by atoms with E-state index in [0.717, 1.165) is 22.3 Å². The quantitative estimate of drug-likeness (QED) is 0.564. The van der Waals surface area contributed by atoms with Gasteiger partial charge < -0.3 is 25.0 Å². The molecular weight excluding hydrogens is 450 g/mol. The highest BCUT2D eigenvalue weighted by Crippen LogP contribution is 2.56. The summed E-state index contributed by atoms with van der Waals surface area (Å²) in [6.07, 6.45) is 1.17. The van der Waals surface area contributed by atoms with Crippen molar-refractivity contribution in [1.29, 1.82) is 0 Å². The van der Waals surface area contributed by atoms with Crippen LogP contribution in [0.2, 0.25) is 0 Å². The van der Waals surface area contributed by atoms with Crippen molar-refractivity contribution in [3.05, 3.63) is 74.7 Å². The number of allylic oxidation sites excluding steroid dienone is 3. The number of Topliss-reactive ketones (excluding diaryl/α,β-unsaturated/α-hetero) is 2. The van der Waals surface area contributed by atoms with Crippen LogP contribution in [0.25, 0.3) is 0 Å². The van der Waals surface area contributed by atoms with Gasteiger partial charge in [0, 0.05) is 18.7 Å². The number of aromatic hydroxyl groups is 1. The van der Waals surface area contributed by atoms with E-state index in [-0.39, 0.29) is 40.7 Å². The Bertz CT molecular complexity index is 1380. The van der Waals surface area contributed by atoms with Crippen LogP contribution in [-0.4, -0.2) is 34.8 Å². The number of hydrogen-bond acceptors (Lipinski definition) is 7. The molecular formula is C27H26NO7. The fourth-order valence-corrected chi connectivity index (χ4v) is 4.68. The van der Waals surface area contributed by atoms with Gasteiger partial charge in [0.2, 0.25) is 0 Å². The average molecular weight is 477 g/mol. The lowest BCUT2D eigenvalue weighted by Gasteiger charge is -2.27. The Morgan fingerprint density at radius 3 is 2.54 bits per heavy atom. The molecule has 0 fully saturated rings. The number of fused-ring (bicyclic) bond motifs is 3. The highest BCUT2D eigenvalue weighted by molar-refractivity contribution is 6.25. The first-order valence-electron chi connectivity index (χ1n) is 11.0. The van der Waals surface area contributed by atoms with Gasteiger partial charge in [-0.1, -0.05) is 6.07 Å². The zero-order valence-electron chi connectivity index (χ0n) is 20.4. The number of ether oxygens (including phenoxy) is 2. The molecule has 1 aliphatic carbocycles. The van der Waals surface area contributed by atoms with Crippen molar-refractivity contribution in [1.82, 2.24) is 5.32 Å². The van der Waals surface area contributed by atoms with Crippen LogP contribution in [0.15, 0.2) is 35.3 Å². The summed E-state index contributed by atoms with van der Waals surface area (Å²) in [7, 11) is 1.35. The maximum atomic E-state index is 13.4. The highest BCUT2D eigenvalue weighted by atomic mass is 16.5. The number of rotatable bonds is 5. The summed E-state index contributed by atoms with van der Waals surface area (Å²) in [5.41, 5.74) is 1.93. The Morgan fingerprint density at radius 2 is 1.91 bits per heavy atom. The molecule has 8 nitrogen and oxygen atoms in total. The van der Waals surface area contributed by atoms with Crippen molar-refractivity contribution in [2.75, 3.05) is 7.11 Å². The van der Waals surface area contributed by atoms with Crippen LogP contribution < -0.4 is 14.8 Å². The number of aryl methyl sites for hydroxylation is 2. The topological polar surface area (TPSA) is 122 Å². The molecule has 2 aromatic rings. The molecule has 1 aliphatic heterocycles. The molecule has 0 aromatic heterocycles. The number of hydrogen-bond donors (Lipinski definition) is 3. The zero-order valence-corrected chi connectivity index (χ0v) is 20.4. The average Bonchev–Trinajstić information content (AvgIpc) is 3.09. The minimum atomic E-state index is -1.60. The number of phenolic OH excluding ortho intramolecular Hbond substituents is 1. The van der Waals surface area contributed by atoms with E-state index in [1.165, 1.54) is 33.1 Å². The normalized spacial score (nSPS) is 18.5. The molecule has 0 spiro atoms. The monoisotopic (exact) mass is 476 g/mol. The van der Waals surface area contributed by atoms with Crippen LogP contribution in [0.1, 0.15) is 52.0 Å². The number of carbonyl (C=O) groups excluding carboxylic acids is 3. The molecule has 4 rings (SSSR count). The summed E-state index contributed by atoms with van der Waals surface area (Å²) in [6, 6.07) is 6.27. The summed E-state index contributed by atoms with van der Waals surface area (Å²) in [5.74, 6) is -2.77. The molecule has 0 unspecified atom stereocenters. The third-order valence-corrected chi connectivity index (χ3v) is 6.86. The Balaban J connectivity index is 1.81. The third kappa shape index (κ3) is 3.48. The minimum Gasteiger partial charge on any atom is -0.507 e. The van der Waals surface area contributed by atoms with Gasteiger partial charge in [-0.3, -0.25) is 14.4 Å². The van der Waals surface area contributed by atoms with Gasteiger partial charge in [-0.25, -0.2) is 0 Å². The van der Waals surface area contributed by atoms with E-state index in [1.807, 2.05) is 26.8 Å². The summed E-state index contributed by atoms with van der Waals surface area (Å²) < 4.78 is 11.3. The lowest BCUT2D eigenvalue weighted by Crippen LogP contribution is -2.38. The van der Waals surface area contributed by atoms with E-state index >= 15 is 0 Å². The Kier molecular flexibility index (Phi) is 5.71. The van der Waals surface area contributed by atoms with Gasteiger partial charge in [0.05, 0.1) is 12.7 Å². The molecule has 181 valence electrons. The SMILES string of the molecule is COc1cc(O)c2c(c1C(=O)NCc1c(C)c[c]c(C)c1C)OC1=CC(O)=C(C(C)=O)C(=O)[C@]12C. The number of nitrogens with one attached hydrogen (secondary N) is 1. The van der Waals surface area contributed by atoms with Crippen LogP contribution in [0.4, 0.5) is 0 Å². The molecule has 35 heavy (non-hydrogen) atoms. The van der Waals surface area contributed by atoms with Gasteiger partial charge >= 0.3 is 0 Å². The smallest absolute Gasteiger partial charge is 0.259 e. The van der Waals surface area contributed by atoms with Gasteiger partial charge in [-0.05, 0) is 62.9 Å². The van der Waals surface area contributed by atoms with E-state index in [0.29, 0.717) is 0 Å². The van der Waals surface area contributed by atoms with E-state index in [4.69, 9.17) is 9.47 Å². The first-order valence-corrected chi connectivity index (χ1v) is 11.0. The first-order chi connectivity index (χ1) is 16.4. The number of ketones is 2. The molecule has 0 saturated heterocycles. The van der Waals surface area contributed by atoms with E-state index in [2.05, 4.69) is 11.4 Å². The number of carbonyl (C=O) groups is 3.